The topological polar surface area (TPSA) is 96.6 Å². The van der Waals surface area contributed by atoms with Gasteiger partial charge in [0.05, 0.1) is 13.2 Å². The van der Waals surface area contributed by atoms with E-state index < -0.39 is 0 Å². The average molecular weight is 590 g/mol. The zero-order valence-electron chi connectivity index (χ0n) is 27.8. The van der Waals surface area contributed by atoms with Crippen LogP contribution >= 0.6 is 0 Å². The van der Waals surface area contributed by atoms with Crippen LogP contribution in [0.4, 0.5) is 0 Å². The lowest BCUT2D eigenvalue weighted by atomic mass is 9.43. The lowest BCUT2D eigenvalue weighted by molar-refractivity contribution is -0.167. The Morgan fingerprint density at radius 2 is 1.60 bits per heavy atom. The van der Waals surface area contributed by atoms with Gasteiger partial charge in [-0.1, -0.05) is 46.5 Å². The number of unbranched alkanes of at least 4 members (excludes halogenated alkanes) is 5. The van der Waals surface area contributed by atoms with E-state index in [4.69, 9.17) is 10.5 Å². The van der Waals surface area contributed by atoms with Crippen LogP contribution in [0.25, 0.3) is 0 Å². The second-order valence-electron chi connectivity index (χ2n) is 15.6. The molecule has 0 amide bonds. The zero-order chi connectivity index (χ0) is 30.2. The van der Waals surface area contributed by atoms with E-state index in [9.17, 15) is 9.90 Å². The Kier molecular flexibility index (Phi) is 13.1. The second kappa shape index (κ2) is 16.0. The van der Waals surface area contributed by atoms with Gasteiger partial charge in [0.15, 0.2) is 0 Å². The number of carbonyl (C=O) groups is 1. The molecule has 3 unspecified atom stereocenters. The molecule has 4 saturated carbocycles. The molecule has 42 heavy (non-hydrogen) atoms. The monoisotopic (exact) mass is 590 g/mol. The van der Waals surface area contributed by atoms with Crippen molar-refractivity contribution in [3.8, 4) is 0 Å². The SMILES string of the molecule is COC(=O)CC[C@@H](C)[C@H]1CCC2C3C(CC[C@@]21C)[C@@]1(C)CC[C@H](NCCCNCCCCCCCCN)C[C@H]1C[C@@H]3O. The summed E-state index contributed by atoms with van der Waals surface area (Å²) >= 11 is 0. The zero-order valence-corrected chi connectivity index (χ0v) is 27.8. The normalized spacial score (nSPS) is 38.4. The number of fused-ring (bicyclic) bond motifs is 5. The Bertz CT molecular complexity index is 825. The number of hydrogen-bond acceptors (Lipinski definition) is 6. The van der Waals surface area contributed by atoms with Crippen molar-refractivity contribution in [2.45, 2.75) is 142 Å². The van der Waals surface area contributed by atoms with E-state index in [-0.39, 0.29) is 12.1 Å². The molecule has 0 saturated heterocycles. The van der Waals surface area contributed by atoms with E-state index in [1.54, 1.807) is 0 Å². The molecule has 0 aromatic heterocycles. The van der Waals surface area contributed by atoms with Crippen LogP contribution in [-0.2, 0) is 9.53 Å². The van der Waals surface area contributed by atoms with E-state index in [1.165, 1.54) is 97.0 Å². The predicted molar refractivity (Wildman–Crippen MR) is 173 cm³/mol. The molecule has 6 nitrogen and oxygen atoms in total. The van der Waals surface area contributed by atoms with Crippen LogP contribution in [0.2, 0.25) is 0 Å². The molecule has 0 spiro atoms. The van der Waals surface area contributed by atoms with E-state index in [2.05, 4.69) is 31.4 Å². The molecule has 0 bridgehead atoms. The fourth-order valence-corrected chi connectivity index (χ4v) is 10.8. The van der Waals surface area contributed by atoms with Crippen LogP contribution in [0, 0.1) is 46.3 Å². The molecular weight excluding hydrogens is 522 g/mol. The van der Waals surface area contributed by atoms with E-state index in [1.807, 2.05) is 0 Å². The Labute approximate surface area is 258 Å². The van der Waals surface area contributed by atoms with Gasteiger partial charge in [-0.2, -0.15) is 0 Å². The lowest BCUT2D eigenvalue weighted by Crippen LogP contribution is -2.59. The standard InChI is InChI=1S/C36H67N3O3/c1-26(12-15-33(41)42-4)29-13-14-30-34-31(17-19-36(29,30)3)35(2)18-16-28(24-27(35)25-32(34)40)39-23-11-22-38-21-10-8-6-5-7-9-20-37/h26-32,34,38-40H,5-25,37H2,1-4H3/t26-,27+,28+,29-,30?,31?,32+,34?,35+,36-/m1/s1. The van der Waals surface area contributed by atoms with Gasteiger partial charge < -0.3 is 26.2 Å². The smallest absolute Gasteiger partial charge is 0.305 e. The minimum Gasteiger partial charge on any atom is -0.469 e. The number of hydrogen-bond donors (Lipinski definition) is 4. The predicted octanol–water partition coefficient (Wildman–Crippen LogP) is 6.44. The van der Waals surface area contributed by atoms with Crippen LogP contribution < -0.4 is 16.4 Å². The highest BCUT2D eigenvalue weighted by molar-refractivity contribution is 5.69. The summed E-state index contributed by atoms with van der Waals surface area (Å²) in [6, 6.07) is 0.612. The van der Waals surface area contributed by atoms with Crippen LogP contribution in [-0.4, -0.2) is 56.5 Å². The van der Waals surface area contributed by atoms with Gasteiger partial charge in [0, 0.05) is 12.5 Å². The lowest BCUT2D eigenvalue weighted by Gasteiger charge is -2.62. The summed E-state index contributed by atoms with van der Waals surface area (Å²) in [5.74, 6) is 3.52. The van der Waals surface area contributed by atoms with Crippen LogP contribution in [0.1, 0.15) is 130 Å². The molecule has 244 valence electrons. The molecule has 4 aliphatic rings. The minimum absolute atomic E-state index is 0.0791. The van der Waals surface area contributed by atoms with E-state index in [0.29, 0.717) is 58.8 Å². The van der Waals surface area contributed by atoms with Gasteiger partial charge in [0.2, 0.25) is 0 Å². The maximum Gasteiger partial charge on any atom is 0.305 e. The molecule has 0 aromatic rings. The van der Waals surface area contributed by atoms with E-state index >= 15 is 0 Å². The van der Waals surface area contributed by atoms with Crippen molar-refractivity contribution >= 4 is 5.97 Å². The third-order valence-corrected chi connectivity index (χ3v) is 13.2. The van der Waals surface area contributed by atoms with Crippen molar-refractivity contribution in [2.24, 2.45) is 52.1 Å². The summed E-state index contributed by atoms with van der Waals surface area (Å²) in [7, 11) is 1.50. The third-order valence-electron chi connectivity index (χ3n) is 13.2. The Balaban J connectivity index is 1.20. The molecule has 0 aliphatic heterocycles. The molecule has 10 atom stereocenters. The summed E-state index contributed by atoms with van der Waals surface area (Å²) in [6.07, 6.45) is 20.2. The highest BCUT2D eigenvalue weighted by Crippen LogP contribution is 2.68. The summed E-state index contributed by atoms with van der Waals surface area (Å²) in [5.41, 5.74) is 6.26. The van der Waals surface area contributed by atoms with Gasteiger partial charge in [-0.25, -0.2) is 0 Å². The number of aliphatic hydroxyl groups is 1. The maximum atomic E-state index is 11.8. The first kappa shape index (κ1) is 34.2. The molecule has 4 rings (SSSR count). The van der Waals surface area contributed by atoms with Crippen LogP contribution in [0.3, 0.4) is 0 Å². The van der Waals surface area contributed by atoms with Crippen molar-refractivity contribution in [3.05, 3.63) is 0 Å². The van der Waals surface area contributed by atoms with Gasteiger partial charge in [-0.05, 0) is 150 Å². The Morgan fingerprint density at radius 1 is 0.905 bits per heavy atom. The van der Waals surface area contributed by atoms with Crippen molar-refractivity contribution in [3.63, 3.8) is 0 Å². The van der Waals surface area contributed by atoms with Crippen LogP contribution in [0.15, 0.2) is 0 Å². The molecule has 6 heteroatoms. The number of ether oxygens (including phenoxy) is 1. The number of nitrogens with one attached hydrogen (secondary N) is 2. The molecule has 0 radical (unpaired) electrons. The average Bonchev–Trinajstić information content (AvgIpc) is 3.34. The fourth-order valence-electron chi connectivity index (χ4n) is 10.8. The highest BCUT2D eigenvalue weighted by Gasteiger charge is 2.62. The molecule has 4 aliphatic carbocycles. The summed E-state index contributed by atoms with van der Waals surface area (Å²) in [6.45, 7) is 11.7. The van der Waals surface area contributed by atoms with Gasteiger partial charge >= 0.3 is 5.97 Å². The Hall–Kier alpha value is -0.690. The molecule has 5 N–H and O–H groups in total. The van der Waals surface area contributed by atoms with Gasteiger partial charge in [0.1, 0.15) is 0 Å². The number of carbonyl (C=O) groups excluding carboxylic acids is 1. The summed E-state index contributed by atoms with van der Waals surface area (Å²) < 4.78 is 4.93. The van der Waals surface area contributed by atoms with Crippen LogP contribution in [0.5, 0.6) is 0 Å². The van der Waals surface area contributed by atoms with E-state index in [0.717, 1.165) is 39.0 Å². The number of rotatable bonds is 17. The minimum atomic E-state index is -0.148. The summed E-state index contributed by atoms with van der Waals surface area (Å²) in [5, 5.41) is 19.3. The maximum absolute atomic E-state index is 11.8. The molecular formula is C36H67N3O3. The molecule has 0 aromatic carbocycles. The first-order valence-electron chi connectivity index (χ1n) is 18.1. The van der Waals surface area contributed by atoms with Gasteiger partial charge in [0.25, 0.3) is 0 Å². The first-order chi connectivity index (χ1) is 20.2. The highest BCUT2D eigenvalue weighted by atomic mass is 16.5. The molecule has 4 fully saturated rings. The fraction of sp³-hybridized carbons (Fsp3) is 0.972. The van der Waals surface area contributed by atoms with Crippen molar-refractivity contribution in [1.82, 2.24) is 10.6 Å². The quantitative estimate of drug-likeness (QED) is 0.115. The first-order valence-corrected chi connectivity index (χ1v) is 18.1. The number of esters is 1. The third kappa shape index (κ3) is 7.93. The van der Waals surface area contributed by atoms with Crippen molar-refractivity contribution in [1.29, 1.82) is 0 Å². The van der Waals surface area contributed by atoms with Gasteiger partial charge in [-0.3, -0.25) is 4.79 Å². The largest absolute Gasteiger partial charge is 0.469 e. The van der Waals surface area contributed by atoms with Crippen molar-refractivity contribution < 1.29 is 14.6 Å². The van der Waals surface area contributed by atoms with Gasteiger partial charge in [-0.15, -0.1) is 0 Å². The van der Waals surface area contributed by atoms with Crippen molar-refractivity contribution in [2.75, 3.05) is 33.3 Å². The number of aliphatic hydroxyl groups excluding tert-OH is 1. The Morgan fingerprint density at radius 3 is 2.36 bits per heavy atom. The second-order valence-corrected chi connectivity index (χ2v) is 15.6. The summed E-state index contributed by atoms with van der Waals surface area (Å²) in [4.78, 5) is 11.8. The molecule has 0 heterocycles. The number of methoxy groups -OCH3 is 1. The number of nitrogens with two attached hydrogens (primary N) is 1.